The van der Waals surface area contributed by atoms with Gasteiger partial charge in [0.15, 0.2) is 0 Å². The molecule has 1 fully saturated rings. The summed E-state index contributed by atoms with van der Waals surface area (Å²) in [5.74, 6) is -0.371. The number of unbranched alkanes of at least 4 members (excludes halogenated alkanes) is 3. The van der Waals surface area contributed by atoms with Crippen LogP contribution in [0, 0.1) is 11.8 Å². The highest BCUT2D eigenvalue weighted by atomic mass is 16.4. The van der Waals surface area contributed by atoms with Gasteiger partial charge in [0.25, 0.3) is 0 Å². The molecule has 1 unspecified atom stereocenters. The Morgan fingerprint density at radius 1 is 1.23 bits per heavy atom. The summed E-state index contributed by atoms with van der Waals surface area (Å²) >= 11 is 0. The number of allylic oxidation sites excluding steroid dienone is 3. The van der Waals surface area contributed by atoms with Crippen LogP contribution in [0.1, 0.15) is 84.5 Å². The second-order valence-corrected chi connectivity index (χ2v) is 7.54. The summed E-state index contributed by atoms with van der Waals surface area (Å²) in [6.07, 6.45) is 16.6. The lowest BCUT2D eigenvalue weighted by Crippen LogP contribution is -2.25. The molecule has 148 valence electrons. The smallest absolute Gasteiger partial charge is 0.303 e. The number of ketones is 1. The van der Waals surface area contributed by atoms with E-state index in [1.54, 1.807) is 0 Å². The van der Waals surface area contributed by atoms with Crippen molar-refractivity contribution in [3.8, 4) is 0 Å². The minimum atomic E-state index is -0.801. The predicted octanol–water partition coefficient (Wildman–Crippen LogP) is 5.06. The highest BCUT2D eigenvalue weighted by Crippen LogP contribution is 2.34. The van der Waals surface area contributed by atoms with E-state index in [1.807, 2.05) is 25.2 Å². The van der Waals surface area contributed by atoms with Crippen LogP contribution in [0.25, 0.3) is 0 Å². The molecule has 0 aromatic rings. The van der Waals surface area contributed by atoms with E-state index >= 15 is 0 Å². The third-order valence-corrected chi connectivity index (χ3v) is 5.47. The maximum atomic E-state index is 12.2. The standard InChI is InChI=1S/C22H36O4/c1-3-5-6-10-16-22(26,4-2)17-15-18-13-14-20(23)19(18)11-8-7-9-12-21(24)25/h7-8,15,17-19,26H,3-6,9-14,16H2,1-2H3,(H,24,25)/b8-7-,17-15?/t18-,19-,22?/m0/s1. The van der Waals surface area contributed by atoms with Crippen molar-refractivity contribution in [1.29, 1.82) is 0 Å². The zero-order chi connectivity index (χ0) is 19.4. The number of Topliss-reactive ketones (excluding diaryl/α,β-unsaturated/α-hetero) is 1. The molecular formula is C22H36O4. The number of hydrogen-bond donors (Lipinski definition) is 2. The Balaban J connectivity index is 2.56. The van der Waals surface area contributed by atoms with E-state index in [0.29, 0.717) is 25.7 Å². The molecule has 0 aliphatic heterocycles. The van der Waals surface area contributed by atoms with E-state index in [9.17, 15) is 14.7 Å². The lowest BCUT2D eigenvalue weighted by atomic mass is 9.87. The number of aliphatic hydroxyl groups is 1. The molecule has 0 amide bonds. The third kappa shape index (κ3) is 8.31. The average molecular weight is 365 g/mol. The first-order chi connectivity index (χ1) is 12.4. The number of hydrogen-bond acceptors (Lipinski definition) is 3. The van der Waals surface area contributed by atoms with Gasteiger partial charge in [-0.2, -0.15) is 0 Å². The Bertz CT molecular complexity index is 494. The Hall–Kier alpha value is -1.42. The fraction of sp³-hybridized carbons (Fsp3) is 0.727. The highest BCUT2D eigenvalue weighted by molar-refractivity contribution is 5.83. The van der Waals surface area contributed by atoms with Crippen LogP contribution in [-0.2, 0) is 9.59 Å². The predicted molar refractivity (Wildman–Crippen MR) is 105 cm³/mol. The Kier molecular flexibility index (Phi) is 10.5. The van der Waals surface area contributed by atoms with Crippen LogP contribution in [0.4, 0.5) is 0 Å². The Labute approximate surface area is 158 Å². The number of carboxylic acid groups (broad SMARTS) is 1. The largest absolute Gasteiger partial charge is 0.481 e. The molecule has 1 rings (SSSR count). The van der Waals surface area contributed by atoms with Crippen molar-refractivity contribution < 1.29 is 19.8 Å². The maximum Gasteiger partial charge on any atom is 0.303 e. The summed E-state index contributed by atoms with van der Waals surface area (Å²) in [5.41, 5.74) is -0.763. The molecule has 0 radical (unpaired) electrons. The number of carbonyl (C=O) groups excluding carboxylic acids is 1. The van der Waals surface area contributed by atoms with Crippen LogP contribution < -0.4 is 0 Å². The van der Waals surface area contributed by atoms with Crippen molar-refractivity contribution in [2.45, 2.75) is 90.1 Å². The van der Waals surface area contributed by atoms with Gasteiger partial charge >= 0.3 is 5.97 Å². The topological polar surface area (TPSA) is 74.6 Å². The molecule has 1 aliphatic carbocycles. The van der Waals surface area contributed by atoms with Crippen LogP contribution in [0.5, 0.6) is 0 Å². The molecule has 4 heteroatoms. The average Bonchev–Trinajstić information content (AvgIpc) is 2.96. The van der Waals surface area contributed by atoms with Crippen molar-refractivity contribution in [1.82, 2.24) is 0 Å². The molecule has 1 saturated carbocycles. The maximum absolute atomic E-state index is 12.2. The quantitative estimate of drug-likeness (QED) is 0.354. The van der Waals surface area contributed by atoms with Gasteiger partial charge in [-0.15, -0.1) is 0 Å². The summed E-state index contributed by atoms with van der Waals surface area (Å²) in [5, 5.41) is 19.4. The lowest BCUT2D eigenvalue weighted by molar-refractivity contribution is -0.136. The Morgan fingerprint density at radius 2 is 2.00 bits per heavy atom. The molecule has 2 N–H and O–H groups in total. The number of carbonyl (C=O) groups is 2. The van der Waals surface area contributed by atoms with Gasteiger partial charge in [-0.3, -0.25) is 9.59 Å². The van der Waals surface area contributed by atoms with Gasteiger partial charge < -0.3 is 10.2 Å². The minimum Gasteiger partial charge on any atom is -0.481 e. The highest BCUT2D eigenvalue weighted by Gasteiger charge is 2.32. The van der Waals surface area contributed by atoms with E-state index in [4.69, 9.17) is 5.11 Å². The minimum absolute atomic E-state index is 0.0338. The molecular weight excluding hydrogens is 328 g/mol. The molecule has 4 nitrogen and oxygen atoms in total. The molecule has 1 aliphatic rings. The lowest BCUT2D eigenvalue weighted by Gasteiger charge is -2.24. The van der Waals surface area contributed by atoms with E-state index in [1.165, 1.54) is 12.8 Å². The van der Waals surface area contributed by atoms with Crippen molar-refractivity contribution in [2.24, 2.45) is 11.8 Å². The molecule has 0 bridgehead atoms. The van der Waals surface area contributed by atoms with Crippen molar-refractivity contribution in [3.63, 3.8) is 0 Å². The first-order valence-corrected chi connectivity index (χ1v) is 10.2. The van der Waals surface area contributed by atoms with Crippen LogP contribution in [-0.4, -0.2) is 27.6 Å². The monoisotopic (exact) mass is 364 g/mol. The molecule has 0 saturated heterocycles. The van der Waals surface area contributed by atoms with Gasteiger partial charge in [0.2, 0.25) is 0 Å². The van der Waals surface area contributed by atoms with Crippen LogP contribution >= 0.6 is 0 Å². The number of aliphatic carboxylic acids is 1. The second-order valence-electron chi connectivity index (χ2n) is 7.54. The van der Waals surface area contributed by atoms with Gasteiger partial charge in [0, 0.05) is 18.8 Å². The van der Waals surface area contributed by atoms with Crippen molar-refractivity contribution in [3.05, 3.63) is 24.3 Å². The summed E-state index contributed by atoms with van der Waals surface area (Å²) < 4.78 is 0. The third-order valence-electron chi connectivity index (χ3n) is 5.47. The van der Waals surface area contributed by atoms with Gasteiger partial charge in [-0.1, -0.05) is 63.8 Å². The normalized spacial score (nSPS) is 23.1. The first-order valence-electron chi connectivity index (χ1n) is 10.2. The van der Waals surface area contributed by atoms with Gasteiger partial charge in [0.05, 0.1) is 5.60 Å². The SMILES string of the molecule is CCCCCCC(O)(C=C[C@@H]1CCC(=O)[C@H]1C/C=C\CCC(=O)O)CC. The molecule has 0 spiro atoms. The van der Waals surface area contributed by atoms with Crippen molar-refractivity contribution >= 4 is 11.8 Å². The van der Waals surface area contributed by atoms with Crippen molar-refractivity contribution in [2.75, 3.05) is 0 Å². The molecule has 0 aromatic heterocycles. The van der Waals surface area contributed by atoms with Gasteiger partial charge in [-0.05, 0) is 38.0 Å². The van der Waals surface area contributed by atoms with Gasteiger partial charge in [0.1, 0.15) is 5.78 Å². The second kappa shape index (κ2) is 12.1. The van der Waals surface area contributed by atoms with Crippen LogP contribution in [0.15, 0.2) is 24.3 Å². The number of rotatable bonds is 13. The fourth-order valence-corrected chi connectivity index (χ4v) is 3.58. The van der Waals surface area contributed by atoms with Gasteiger partial charge in [-0.25, -0.2) is 0 Å². The Morgan fingerprint density at radius 3 is 2.65 bits per heavy atom. The number of carboxylic acids is 1. The summed E-state index contributed by atoms with van der Waals surface area (Å²) in [7, 11) is 0. The fourth-order valence-electron chi connectivity index (χ4n) is 3.58. The molecule has 3 atom stereocenters. The molecule has 26 heavy (non-hydrogen) atoms. The summed E-state index contributed by atoms with van der Waals surface area (Å²) in [6, 6.07) is 0. The molecule has 0 aromatic carbocycles. The summed E-state index contributed by atoms with van der Waals surface area (Å²) in [4.78, 5) is 22.7. The molecule has 0 heterocycles. The zero-order valence-corrected chi connectivity index (χ0v) is 16.5. The van der Waals surface area contributed by atoms with Crippen LogP contribution in [0.2, 0.25) is 0 Å². The first kappa shape index (κ1) is 22.6. The van der Waals surface area contributed by atoms with E-state index in [0.717, 1.165) is 25.7 Å². The van der Waals surface area contributed by atoms with E-state index in [2.05, 4.69) is 13.0 Å². The van der Waals surface area contributed by atoms with Crippen LogP contribution in [0.3, 0.4) is 0 Å². The summed E-state index contributed by atoms with van der Waals surface area (Å²) in [6.45, 7) is 4.19. The zero-order valence-electron chi connectivity index (χ0n) is 16.5. The van der Waals surface area contributed by atoms with E-state index < -0.39 is 11.6 Å². The van der Waals surface area contributed by atoms with E-state index in [-0.39, 0.29) is 24.0 Å².